The number of rotatable bonds is 3. The van der Waals surface area contributed by atoms with E-state index in [0.717, 1.165) is 10.8 Å². The molecule has 5 heteroatoms. The lowest BCUT2D eigenvalue weighted by Crippen LogP contribution is -2.15. The maximum atomic E-state index is 12.2. The van der Waals surface area contributed by atoms with Crippen LogP contribution in [0.4, 0.5) is 5.69 Å². The van der Waals surface area contributed by atoms with Gasteiger partial charge in [-0.05, 0) is 17.5 Å². The molecule has 0 saturated heterocycles. The van der Waals surface area contributed by atoms with Gasteiger partial charge in [0.1, 0.15) is 5.75 Å². The summed E-state index contributed by atoms with van der Waals surface area (Å²) in [5, 5.41) is 4.75. The van der Waals surface area contributed by atoms with Gasteiger partial charge in [-0.3, -0.25) is 4.79 Å². The van der Waals surface area contributed by atoms with Crippen LogP contribution in [0, 0.1) is 0 Å². The van der Waals surface area contributed by atoms with Crippen molar-refractivity contribution in [2.75, 3.05) is 12.4 Å². The molecule has 3 aromatic rings. The van der Waals surface area contributed by atoms with Crippen LogP contribution in [0.1, 0.15) is 10.6 Å². The summed E-state index contributed by atoms with van der Waals surface area (Å²) >= 11 is 0. The highest BCUT2D eigenvalue weighted by atomic mass is 16.5. The van der Waals surface area contributed by atoms with Crippen molar-refractivity contribution in [2.45, 2.75) is 0 Å². The number of amides is 1. The zero-order chi connectivity index (χ0) is 14.7. The number of hydrogen-bond donors (Lipinski definition) is 1. The Hall–Kier alpha value is -2.95. The second kappa shape index (κ2) is 5.58. The van der Waals surface area contributed by atoms with E-state index in [9.17, 15) is 4.79 Å². The monoisotopic (exact) mass is 279 g/mol. The predicted molar refractivity (Wildman–Crippen MR) is 80.5 cm³/mol. The molecule has 0 unspecified atom stereocenters. The number of nitrogens with zero attached hydrogens (tertiary/aromatic N) is 2. The Balaban J connectivity index is 2.02. The third kappa shape index (κ3) is 2.67. The fraction of sp³-hybridized carbons (Fsp3) is 0.0625. The van der Waals surface area contributed by atoms with Crippen LogP contribution in [-0.4, -0.2) is 23.0 Å². The average molecular weight is 279 g/mol. The summed E-state index contributed by atoms with van der Waals surface area (Å²) in [5.41, 5.74) is 0.669. The van der Waals surface area contributed by atoms with Crippen molar-refractivity contribution in [3.05, 3.63) is 60.7 Å². The molecule has 0 aliphatic carbocycles. The van der Waals surface area contributed by atoms with Gasteiger partial charge in [-0.2, -0.15) is 0 Å². The van der Waals surface area contributed by atoms with Crippen molar-refractivity contribution < 1.29 is 9.53 Å². The minimum atomic E-state index is -0.353. The number of anilines is 1. The molecule has 0 radical (unpaired) electrons. The Bertz CT molecular complexity index is 788. The Morgan fingerprint density at radius 1 is 1.10 bits per heavy atom. The first-order chi connectivity index (χ1) is 10.3. The number of ether oxygens (including phenoxy) is 1. The minimum Gasteiger partial charge on any atom is -0.497 e. The zero-order valence-corrected chi connectivity index (χ0v) is 11.4. The van der Waals surface area contributed by atoms with Gasteiger partial charge in [-0.25, -0.2) is 9.97 Å². The van der Waals surface area contributed by atoms with Gasteiger partial charge in [0.25, 0.3) is 5.91 Å². The molecule has 1 N–H and O–H groups in total. The van der Waals surface area contributed by atoms with E-state index >= 15 is 0 Å². The molecular weight excluding hydrogens is 266 g/mol. The van der Waals surface area contributed by atoms with Crippen LogP contribution in [0.5, 0.6) is 5.75 Å². The summed E-state index contributed by atoms with van der Waals surface area (Å²) in [7, 11) is 1.59. The predicted octanol–water partition coefficient (Wildman–Crippen LogP) is 2.89. The highest BCUT2D eigenvalue weighted by Gasteiger charge is 2.11. The first-order valence-corrected chi connectivity index (χ1v) is 6.43. The Morgan fingerprint density at radius 3 is 2.62 bits per heavy atom. The second-order valence-electron chi connectivity index (χ2n) is 4.42. The quantitative estimate of drug-likeness (QED) is 0.800. The molecule has 0 spiro atoms. The molecule has 2 aromatic carbocycles. The van der Waals surface area contributed by atoms with E-state index in [1.165, 1.54) is 12.4 Å². The maximum Gasteiger partial charge on any atom is 0.293 e. The lowest BCUT2D eigenvalue weighted by molar-refractivity contribution is 0.101. The fourth-order valence-corrected chi connectivity index (χ4v) is 2.10. The van der Waals surface area contributed by atoms with Crippen molar-refractivity contribution in [3.63, 3.8) is 0 Å². The first kappa shape index (κ1) is 13.1. The summed E-state index contributed by atoms with van der Waals surface area (Å²) in [6.45, 7) is 0. The molecule has 3 rings (SSSR count). The normalized spacial score (nSPS) is 10.3. The summed E-state index contributed by atoms with van der Waals surface area (Å²) in [4.78, 5) is 20.1. The molecule has 5 nitrogen and oxygen atoms in total. The summed E-state index contributed by atoms with van der Waals surface area (Å²) in [5.74, 6) is 0.455. The van der Waals surface area contributed by atoms with Gasteiger partial charge in [0.2, 0.25) is 5.82 Å². The molecular formula is C16H13N3O2. The van der Waals surface area contributed by atoms with E-state index in [1.807, 2.05) is 30.3 Å². The summed E-state index contributed by atoms with van der Waals surface area (Å²) in [6, 6.07) is 13.1. The van der Waals surface area contributed by atoms with Crippen LogP contribution < -0.4 is 10.1 Å². The highest BCUT2D eigenvalue weighted by molar-refractivity contribution is 6.07. The lowest BCUT2D eigenvalue weighted by atomic mass is 10.1. The minimum absolute atomic E-state index is 0.129. The van der Waals surface area contributed by atoms with Crippen molar-refractivity contribution in [3.8, 4) is 5.75 Å². The number of hydrogen-bond acceptors (Lipinski definition) is 4. The molecule has 0 atom stereocenters. The van der Waals surface area contributed by atoms with Gasteiger partial charge < -0.3 is 10.1 Å². The standard InChI is InChI=1S/C16H13N3O2/c1-21-12-9-11-5-2-3-6-13(11)14(10-12)19-16(20)15-17-7-4-8-18-15/h2-10H,1H3,(H,19,20). The molecule has 0 aliphatic rings. The molecule has 0 aliphatic heterocycles. The summed E-state index contributed by atoms with van der Waals surface area (Å²) in [6.07, 6.45) is 3.07. The smallest absolute Gasteiger partial charge is 0.293 e. The molecule has 1 heterocycles. The average Bonchev–Trinajstić information content (AvgIpc) is 2.55. The van der Waals surface area contributed by atoms with Gasteiger partial charge in [0.15, 0.2) is 0 Å². The van der Waals surface area contributed by atoms with E-state index in [2.05, 4.69) is 15.3 Å². The number of carbonyl (C=O) groups is 1. The van der Waals surface area contributed by atoms with Crippen molar-refractivity contribution >= 4 is 22.4 Å². The van der Waals surface area contributed by atoms with Crippen LogP contribution in [0.15, 0.2) is 54.9 Å². The van der Waals surface area contributed by atoms with E-state index < -0.39 is 0 Å². The number of fused-ring (bicyclic) bond motifs is 1. The molecule has 0 saturated carbocycles. The van der Waals surface area contributed by atoms with Crippen LogP contribution in [0.25, 0.3) is 10.8 Å². The van der Waals surface area contributed by atoms with Gasteiger partial charge in [-0.15, -0.1) is 0 Å². The lowest BCUT2D eigenvalue weighted by Gasteiger charge is -2.10. The SMILES string of the molecule is COc1cc(NC(=O)c2ncccn2)c2ccccc2c1. The van der Waals surface area contributed by atoms with Crippen LogP contribution in [-0.2, 0) is 0 Å². The fourth-order valence-electron chi connectivity index (χ4n) is 2.10. The molecule has 0 fully saturated rings. The molecule has 104 valence electrons. The maximum absolute atomic E-state index is 12.2. The molecule has 21 heavy (non-hydrogen) atoms. The second-order valence-corrected chi connectivity index (χ2v) is 4.42. The molecule has 1 amide bonds. The summed E-state index contributed by atoms with van der Waals surface area (Å²) < 4.78 is 5.27. The zero-order valence-electron chi connectivity index (χ0n) is 11.4. The van der Waals surface area contributed by atoms with E-state index in [-0.39, 0.29) is 11.7 Å². The van der Waals surface area contributed by atoms with Crippen LogP contribution in [0.3, 0.4) is 0 Å². The van der Waals surface area contributed by atoms with Gasteiger partial charge in [0.05, 0.1) is 12.8 Å². The highest BCUT2D eigenvalue weighted by Crippen LogP contribution is 2.29. The number of carbonyl (C=O) groups excluding carboxylic acids is 1. The number of methoxy groups -OCH3 is 1. The van der Waals surface area contributed by atoms with Crippen LogP contribution >= 0.6 is 0 Å². The van der Waals surface area contributed by atoms with Crippen LogP contribution in [0.2, 0.25) is 0 Å². The number of nitrogens with one attached hydrogen (secondary N) is 1. The Labute approximate surface area is 121 Å². The molecule has 1 aromatic heterocycles. The number of benzene rings is 2. The Morgan fingerprint density at radius 2 is 1.86 bits per heavy atom. The topological polar surface area (TPSA) is 64.1 Å². The van der Waals surface area contributed by atoms with E-state index in [0.29, 0.717) is 11.4 Å². The Kier molecular flexibility index (Phi) is 3.47. The van der Waals surface area contributed by atoms with E-state index in [1.54, 1.807) is 19.2 Å². The van der Waals surface area contributed by atoms with Crippen molar-refractivity contribution in [1.82, 2.24) is 9.97 Å². The van der Waals surface area contributed by atoms with Gasteiger partial charge in [0, 0.05) is 23.8 Å². The third-order valence-corrected chi connectivity index (χ3v) is 3.09. The number of aromatic nitrogens is 2. The van der Waals surface area contributed by atoms with Gasteiger partial charge >= 0.3 is 0 Å². The van der Waals surface area contributed by atoms with Crippen molar-refractivity contribution in [2.24, 2.45) is 0 Å². The van der Waals surface area contributed by atoms with E-state index in [4.69, 9.17) is 4.74 Å². The molecule has 0 bridgehead atoms. The van der Waals surface area contributed by atoms with Gasteiger partial charge in [-0.1, -0.05) is 24.3 Å². The first-order valence-electron chi connectivity index (χ1n) is 6.43. The van der Waals surface area contributed by atoms with Crippen molar-refractivity contribution in [1.29, 1.82) is 0 Å². The largest absolute Gasteiger partial charge is 0.497 e. The third-order valence-electron chi connectivity index (χ3n) is 3.09.